The maximum absolute atomic E-state index is 11.2. The van der Waals surface area contributed by atoms with Gasteiger partial charge in [-0.3, -0.25) is 9.36 Å². The van der Waals surface area contributed by atoms with Crippen molar-refractivity contribution in [3.8, 4) is 0 Å². The molecule has 0 radical (unpaired) electrons. The fourth-order valence-electron chi connectivity index (χ4n) is 1.18. The summed E-state index contributed by atoms with van der Waals surface area (Å²) in [5.74, 6) is -1.54. The van der Waals surface area contributed by atoms with Gasteiger partial charge in [-0.05, 0) is 12.5 Å². The summed E-state index contributed by atoms with van der Waals surface area (Å²) in [6.07, 6.45) is 0. The second kappa shape index (κ2) is 3.77. The number of benzene rings is 1. The highest BCUT2D eigenvalue weighted by Crippen LogP contribution is 2.56. The maximum atomic E-state index is 11.2. The molecule has 0 aliphatic carbocycles. The van der Waals surface area contributed by atoms with Crippen molar-refractivity contribution in [2.24, 2.45) is 0 Å². The molecule has 1 aromatic carbocycles. The SMILES string of the molecule is CC(C(=O)O)(c1ccccc1)P(=O)(O)O. The van der Waals surface area contributed by atoms with E-state index in [1.54, 1.807) is 6.07 Å². The number of carboxylic acid groups (broad SMARTS) is 1. The summed E-state index contributed by atoms with van der Waals surface area (Å²) >= 11 is 0. The normalized spacial score (nSPS) is 15.7. The molecule has 1 atom stereocenters. The van der Waals surface area contributed by atoms with E-state index in [1.165, 1.54) is 24.3 Å². The van der Waals surface area contributed by atoms with Crippen LogP contribution in [0.4, 0.5) is 0 Å². The number of hydrogen-bond donors (Lipinski definition) is 3. The van der Waals surface area contributed by atoms with Gasteiger partial charge in [0.15, 0.2) is 5.16 Å². The molecule has 1 unspecified atom stereocenters. The van der Waals surface area contributed by atoms with Gasteiger partial charge < -0.3 is 14.9 Å². The van der Waals surface area contributed by atoms with Gasteiger partial charge in [0, 0.05) is 0 Å². The average molecular weight is 230 g/mol. The minimum atomic E-state index is -4.77. The van der Waals surface area contributed by atoms with E-state index < -0.39 is 18.7 Å². The first-order valence-electron chi connectivity index (χ1n) is 4.14. The molecule has 3 N–H and O–H groups in total. The van der Waals surface area contributed by atoms with Gasteiger partial charge in [-0.1, -0.05) is 30.3 Å². The first kappa shape index (κ1) is 11.9. The van der Waals surface area contributed by atoms with Crippen molar-refractivity contribution in [3.05, 3.63) is 35.9 Å². The molecule has 1 aromatic rings. The molecule has 1 rings (SSSR count). The molecule has 0 heterocycles. The Morgan fingerprint density at radius 1 is 1.27 bits per heavy atom. The molecule has 0 saturated carbocycles. The third-order valence-corrected chi connectivity index (χ3v) is 3.95. The number of hydrogen-bond acceptors (Lipinski definition) is 2. The maximum Gasteiger partial charge on any atom is 0.346 e. The number of rotatable bonds is 3. The molecule has 0 aliphatic heterocycles. The molecule has 0 spiro atoms. The van der Waals surface area contributed by atoms with Crippen molar-refractivity contribution >= 4 is 13.6 Å². The molecule has 0 aliphatic rings. The lowest BCUT2D eigenvalue weighted by molar-refractivity contribution is -0.140. The van der Waals surface area contributed by atoms with E-state index in [9.17, 15) is 9.36 Å². The average Bonchev–Trinajstić information content (AvgIpc) is 2.16. The molecular weight excluding hydrogens is 219 g/mol. The van der Waals surface area contributed by atoms with Gasteiger partial charge in [0.05, 0.1) is 0 Å². The summed E-state index contributed by atoms with van der Waals surface area (Å²) in [7, 11) is -4.77. The van der Waals surface area contributed by atoms with Crippen LogP contribution in [-0.4, -0.2) is 20.9 Å². The van der Waals surface area contributed by atoms with Crippen LogP contribution in [0.3, 0.4) is 0 Å². The summed E-state index contributed by atoms with van der Waals surface area (Å²) in [5.41, 5.74) is 0.0887. The van der Waals surface area contributed by atoms with Crippen LogP contribution in [0.5, 0.6) is 0 Å². The first-order chi connectivity index (χ1) is 6.80. The van der Waals surface area contributed by atoms with E-state index in [2.05, 4.69) is 0 Å². The van der Waals surface area contributed by atoms with Crippen LogP contribution in [-0.2, 0) is 14.5 Å². The van der Waals surface area contributed by atoms with Crippen LogP contribution in [0.15, 0.2) is 30.3 Å². The van der Waals surface area contributed by atoms with Crippen LogP contribution < -0.4 is 0 Å². The van der Waals surface area contributed by atoms with Crippen molar-refractivity contribution in [2.75, 3.05) is 0 Å². The zero-order valence-electron chi connectivity index (χ0n) is 7.99. The van der Waals surface area contributed by atoms with Crippen LogP contribution in [0.2, 0.25) is 0 Å². The largest absolute Gasteiger partial charge is 0.480 e. The summed E-state index contributed by atoms with van der Waals surface area (Å²) < 4.78 is 11.2. The Labute approximate surface area is 86.5 Å². The van der Waals surface area contributed by atoms with Crippen molar-refractivity contribution < 1.29 is 24.3 Å². The third kappa shape index (κ3) is 1.95. The van der Waals surface area contributed by atoms with Crippen molar-refractivity contribution in [2.45, 2.75) is 12.1 Å². The number of carbonyl (C=O) groups is 1. The van der Waals surface area contributed by atoms with E-state index in [0.717, 1.165) is 6.92 Å². The first-order valence-corrected chi connectivity index (χ1v) is 5.76. The predicted molar refractivity (Wildman–Crippen MR) is 53.5 cm³/mol. The zero-order chi connectivity index (χ0) is 11.7. The van der Waals surface area contributed by atoms with Crippen molar-refractivity contribution in [1.29, 1.82) is 0 Å². The molecule has 0 fully saturated rings. The Hall–Kier alpha value is -1.16. The molecular formula is C9H11O5P. The topological polar surface area (TPSA) is 94.8 Å². The molecule has 82 valence electrons. The second-order valence-corrected chi connectivity index (χ2v) is 5.27. The van der Waals surface area contributed by atoms with E-state index in [4.69, 9.17) is 14.9 Å². The van der Waals surface area contributed by atoms with Gasteiger partial charge in [0.25, 0.3) is 0 Å². The molecule has 0 saturated heterocycles. The van der Waals surface area contributed by atoms with Crippen LogP contribution in [0.1, 0.15) is 12.5 Å². The monoisotopic (exact) mass is 230 g/mol. The second-order valence-electron chi connectivity index (χ2n) is 3.29. The number of carboxylic acids is 1. The molecule has 0 bridgehead atoms. The van der Waals surface area contributed by atoms with Crippen molar-refractivity contribution in [1.82, 2.24) is 0 Å². The van der Waals surface area contributed by atoms with E-state index in [-0.39, 0.29) is 5.56 Å². The highest BCUT2D eigenvalue weighted by Gasteiger charge is 2.51. The van der Waals surface area contributed by atoms with Crippen molar-refractivity contribution in [3.63, 3.8) is 0 Å². The lowest BCUT2D eigenvalue weighted by Crippen LogP contribution is -2.32. The van der Waals surface area contributed by atoms with Crippen LogP contribution in [0.25, 0.3) is 0 Å². The Kier molecular flexibility index (Phi) is 3.00. The molecule has 0 aromatic heterocycles. The van der Waals surface area contributed by atoms with E-state index in [0.29, 0.717) is 0 Å². The van der Waals surface area contributed by atoms with Gasteiger partial charge in [-0.25, -0.2) is 0 Å². The van der Waals surface area contributed by atoms with Crippen LogP contribution in [0, 0.1) is 0 Å². The third-order valence-electron chi connectivity index (χ3n) is 2.33. The quantitative estimate of drug-likeness (QED) is 0.677. The molecule has 5 nitrogen and oxygen atoms in total. The summed E-state index contributed by atoms with van der Waals surface area (Å²) in [6, 6.07) is 7.48. The Bertz CT molecular complexity index is 410. The Morgan fingerprint density at radius 3 is 2.07 bits per heavy atom. The minimum Gasteiger partial charge on any atom is -0.480 e. The standard InChI is InChI=1S/C9H11O5P/c1-9(8(10)11,15(12,13)14)7-5-3-2-4-6-7/h2-6H,1H3,(H,10,11)(H2,12,13,14). The van der Waals surface area contributed by atoms with Gasteiger partial charge >= 0.3 is 13.6 Å². The summed E-state index contributed by atoms with van der Waals surface area (Å²) in [5, 5.41) is 6.74. The lowest BCUT2D eigenvalue weighted by Gasteiger charge is -2.25. The Balaban J connectivity index is 3.39. The molecule has 15 heavy (non-hydrogen) atoms. The lowest BCUT2D eigenvalue weighted by atomic mass is 10.0. The van der Waals surface area contributed by atoms with Gasteiger partial charge in [0.1, 0.15) is 0 Å². The molecule has 6 heteroatoms. The highest BCUT2D eigenvalue weighted by molar-refractivity contribution is 7.54. The number of aliphatic carboxylic acids is 1. The zero-order valence-corrected chi connectivity index (χ0v) is 8.89. The van der Waals surface area contributed by atoms with Gasteiger partial charge in [-0.2, -0.15) is 0 Å². The molecule has 0 amide bonds. The van der Waals surface area contributed by atoms with E-state index in [1.807, 2.05) is 0 Å². The Morgan fingerprint density at radius 2 is 1.73 bits per heavy atom. The minimum absolute atomic E-state index is 0.0887. The fourth-order valence-corrected chi connectivity index (χ4v) is 1.91. The van der Waals surface area contributed by atoms with Crippen LogP contribution >= 0.6 is 7.60 Å². The smallest absolute Gasteiger partial charge is 0.346 e. The van der Waals surface area contributed by atoms with Gasteiger partial charge in [-0.15, -0.1) is 0 Å². The van der Waals surface area contributed by atoms with E-state index >= 15 is 0 Å². The summed E-state index contributed by atoms with van der Waals surface area (Å²) in [4.78, 5) is 29.2. The predicted octanol–water partition coefficient (Wildman–Crippen LogP) is 1.16. The fraction of sp³-hybridized carbons (Fsp3) is 0.222. The highest BCUT2D eigenvalue weighted by atomic mass is 31.2. The summed E-state index contributed by atoms with van der Waals surface area (Å²) in [6.45, 7) is 1.02. The van der Waals surface area contributed by atoms with Gasteiger partial charge in [0.2, 0.25) is 0 Å².